The molecule has 0 spiro atoms. The van der Waals surface area contributed by atoms with Gasteiger partial charge in [0.15, 0.2) is 6.61 Å². The number of amides is 1. The van der Waals surface area contributed by atoms with E-state index in [9.17, 15) is 9.59 Å². The molecule has 1 fully saturated rings. The van der Waals surface area contributed by atoms with E-state index in [1.165, 1.54) is 28.6 Å². The lowest BCUT2D eigenvalue weighted by Crippen LogP contribution is -2.49. The Labute approximate surface area is 244 Å². The third kappa shape index (κ3) is 6.34. The number of carbonyl (C=O) groups excluding carboxylic acids is 1. The van der Waals surface area contributed by atoms with E-state index in [2.05, 4.69) is 46.2 Å². The van der Waals surface area contributed by atoms with Crippen LogP contribution in [-0.2, 0) is 18.4 Å². The van der Waals surface area contributed by atoms with E-state index < -0.39 is 0 Å². The van der Waals surface area contributed by atoms with E-state index in [1.807, 2.05) is 30.0 Å². The largest absolute Gasteiger partial charge is 0.466 e. The van der Waals surface area contributed by atoms with Crippen LogP contribution < -0.4 is 25.6 Å². The zero-order valence-corrected chi connectivity index (χ0v) is 25.1. The van der Waals surface area contributed by atoms with Crippen LogP contribution in [0.1, 0.15) is 52.3 Å². The fraction of sp³-hybridized carbons (Fsp3) is 0.500. The van der Waals surface area contributed by atoms with Gasteiger partial charge in [-0.2, -0.15) is 0 Å². The van der Waals surface area contributed by atoms with Crippen molar-refractivity contribution in [3.8, 4) is 5.88 Å². The molecule has 1 atom stereocenters. The van der Waals surface area contributed by atoms with Gasteiger partial charge in [0.1, 0.15) is 0 Å². The minimum atomic E-state index is -0.107. The molecule has 1 aliphatic heterocycles. The Morgan fingerprint density at radius 2 is 1.78 bits per heavy atom. The SMILES string of the molecule is CCCCCC1C(C)=c2c(OCc3nnc(SCC(=O)N4CCN(c5ccccc5)CC4)o3)nn(C)c(=O)c2=C1C. The second kappa shape index (κ2) is 12.9. The van der Waals surface area contributed by atoms with Gasteiger partial charge >= 0.3 is 0 Å². The van der Waals surface area contributed by atoms with Crippen LogP contribution in [0.15, 0.2) is 44.8 Å². The van der Waals surface area contributed by atoms with Crippen molar-refractivity contribution >= 4 is 34.5 Å². The number of anilines is 1. The summed E-state index contributed by atoms with van der Waals surface area (Å²) in [6.07, 6.45) is 4.44. The monoisotopic (exact) mass is 578 g/mol. The first kappa shape index (κ1) is 28.9. The molecule has 218 valence electrons. The number of hydrogen-bond acceptors (Lipinski definition) is 9. The first-order valence-corrected chi connectivity index (χ1v) is 15.3. The van der Waals surface area contributed by atoms with Crippen molar-refractivity contribution in [1.29, 1.82) is 0 Å². The Morgan fingerprint density at radius 1 is 1.05 bits per heavy atom. The summed E-state index contributed by atoms with van der Waals surface area (Å²) >= 11 is 1.23. The lowest BCUT2D eigenvalue weighted by Gasteiger charge is -2.36. The number of thioether (sulfide) groups is 1. The van der Waals surface area contributed by atoms with Crippen molar-refractivity contribution < 1.29 is 13.9 Å². The van der Waals surface area contributed by atoms with Crippen LogP contribution in [0.2, 0.25) is 0 Å². The Bertz CT molecular complexity index is 1560. The third-order valence-electron chi connectivity index (χ3n) is 8.00. The molecule has 0 bridgehead atoms. The average Bonchev–Trinajstić information content (AvgIpc) is 3.55. The zero-order chi connectivity index (χ0) is 28.9. The number of piperazine rings is 1. The highest BCUT2D eigenvalue weighted by Gasteiger charge is 2.26. The highest BCUT2D eigenvalue weighted by atomic mass is 32.2. The van der Waals surface area contributed by atoms with Crippen molar-refractivity contribution in [2.75, 3.05) is 36.8 Å². The van der Waals surface area contributed by atoms with Crippen molar-refractivity contribution in [2.45, 2.75) is 58.3 Å². The van der Waals surface area contributed by atoms with Crippen LogP contribution in [0.4, 0.5) is 5.69 Å². The summed E-state index contributed by atoms with van der Waals surface area (Å²) in [7, 11) is 1.64. The van der Waals surface area contributed by atoms with E-state index in [1.54, 1.807) is 7.05 Å². The summed E-state index contributed by atoms with van der Waals surface area (Å²) in [6.45, 7) is 9.30. The summed E-state index contributed by atoms with van der Waals surface area (Å²) in [5.74, 6) is 1.19. The number of ether oxygens (including phenoxy) is 1. The van der Waals surface area contributed by atoms with Crippen LogP contribution in [-0.4, -0.2) is 62.7 Å². The molecule has 3 aromatic rings. The number of benzene rings is 1. The van der Waals surface area contributed by atoms with Crippen LogP contribution in [0.5, 0.6) is 5.88 Å². The van der Waals surface area contributed by atoms with E-state index >= 15 is 0 Å². The molecule has 2 aliphatic rings. The Hall–Kier alpha value is -3.60. The number of para-hydroxylation sites is 1. The maximum absolute atomic E-state index is 13.0. The third-order valence-corrected chi connectivity index (χ3v) is 8.80. The van der Waals surface area contributed by atoms with Gasteiger partial charge in [-0.15, -0.1) is 15.3 Å². The number of aromatic nitrogens is 4. The second-order valence-electron chi connectivity index (χ2n) is 10.6. The van der Waals surface area contributed by atoms with Gasteiger partial charge in [-0.05, 0) is 32.4 Å². The number of hydrogen-bond donors (Lipinski definition) is 0. The molecule has 2 aromatic heterocycles. The molecular weight excluding hydrogens is 540 g/mol. The van der Waals surface area contributed by atoms with Crippen molar-refractivity contribution in [1.82, 2.24) is 24.9 Å². The number of fused-ring (bicyclic) bond motifs is 1. The molecule has 0 radical (unpaired) electrons. The predicted octanol–water partition coefficient (Wildman–Crippen LogP) is 2.73. The minimum absolute atomic E-state index is 0.0213. The Balaban J connectivity index is 1.18. The minimum Gasteiger partial charge on any atom is -0.466 e. The molecule has 10 nitrogen and oxygen atoms in total. The lowest BCUT2D eigenvalue weighted by atomic mass is 9.91. The first-order chi connectivity index (χ1) is 19.9. The summed E-state index contributed by atoms with van der Waals surface area (Å²) in [5, 5.41) is 14.4. The number of rotatable bonds is 11. The van der Waals surface area contributed by atoms with Crippen LogP contribution in [0, 0.1) is 5.92 Å². The molecule has 1 saturated heterocycles. The number of carbonyl (C=O) groups is 1. The normalized spacial score (nSPS) is 16.8. The van der Waals surface area contributed by atoms with E-state index in [0.29, 0.717) is 29.4 Å². The summed E-state index contributed by atoms with van der Waals surface area (Å²) in [5.41, 5.74) is 3.29. The van der Waals surface area contributed by atoms with Gasteiger partial charge in [0, 0.05) is 44.8 Å². The molecule has 41 heavy (non-hydrogen) atoms. The predicted molar refractivity (Wildman–Crippen MR) is 159 cm³/mol. The van der Waals surface area contributed by atoms with Crippen molar-refractivity contribution in [3.63, 3.8) is 0 Å². The van der Waals surface area contributed by atoms with Gasteiger partial charge in [0.25, 0.3) is 16.7 Å². The number of aryl methyl sites for hydroxylation is 1. The van der Waals surface area contributed by atoms with Gasteiger partial charge in [-0.1, -0.05) is 67.3 Å². The van der Waals surface area contributed by atoms with Crippen LogP contribution >= 0.6 is 11.8 Å². The zero-order valence-electron chi connectivity index (χ0n) is 24.3. The maximum atomic E-state index is 13.0. The van der Waals surface area contributed by atoms with Gasteiger partial charge in [-0.3, -0.25) is 9.59 Å². The average molecular weight is 579 g/mol. The molecule has 1 aliphatic carbocycles. The number of nitrogens with zero attached hydrogens (tertiary/aromatic N) is 6. The second-order valence-corrected chi connectivity index (χ2v) is 11.6. The Morgan fingerprint density at radius 3 is 2.51 bits per heavy atom. The summed E-state index contributed by atoms with van der Waals surface area (Å²) < 4.78 is 13.1. The molecule has 5 rings (SSSR count). The van der Waals surface area contributed by atoms with Gasteiger partial charge in [-0.25, -0.2) is 4.68 Å². The number of unbranched alkanes of at least 4 members (excludes halogenated alkanes) is 2. The first-order valence-electron chi connectivity index (χ1n) is 14.3. The molecule has 0 N–H and O–H groups in total. The van der Waals surface area contributed by atoms with Gasteiger partial charge in [0.2, 0.25) is 11.8 Å². The fourth-order valence-corrected chi connectivity index (χ4v) is 6.38. The summed E-state index contributed by atoms with van der Waals surface area (Å²) in [4.78, 5) is 30.0. The van der Waals surface area contributed by atoms with Gasteiger partial charge in [0.05, 0.1) is 16.2 Å². The van der Waals surface area contributed by atoms with E-state index in [-0.39, 0.29) is 35.6 Å². The highest BCUT2D eigenvalue weighted by Crippen LogP contribution is 2.29. The van der Waals surface area contributed by atoms with Crippen molar-refractivity contribution in [3.05, 3.63) is 57.0 Å². The van der Waals surface area contributed by atoms with Gasteiger partial charge < -0.3 is 19.0 Å². The molecule has 3 heterocycles. The fourth-order valence-electron chi connectivity index (χ4n) is 5.70. The Kier molecular flexibility index (Phi) is 9.12. The molecule has 1 aromatic carbocycles. The lowest BCUT2D eigenvalue weighted by molar-refractivity contribution is -0.128. The highest BCUT2D eigenvalue weighted by molar-refractivity contribution is 7.99. The van der Waals surface area contributed by atoms with E-state index in [0.717, 1.165) is 48.7 Å². The van der Waals surface area contributed by atoms with Crippen LogP contribution in [0.3, 0.4) is 0 Å². The smallest absolute Gasteiger partial charge is 0.277 e. The summed E-state index contributed by atoms with van der Waals surface area (Å²) in [6, 6.07) is 10.3. The molecular formula is C30H38N6O4S. The van der Waals surface area contributed by atoms with Crippen LogP contribution in [0.25, 0.3) is 11.1 Å². The molecule has 1 amide bonds. The topological polar surface area (TPSA) is 107 Å². The molecule has 1 unspecified atom stereocenters. The van der Waals surface area contributed by atoms with E-state index in [4.69, 9.17) is 9.15 Å². The molecule has 11 heteroatoms. The maximum Gasteiger partial charge on any atom is 0.277 e. The van der Waals surface area contributed by atoms with Crippen molar-refractivity contribution in [2.24, 2.45) is 13.0 Å². The quantitative estimate of drug-likeness (QED) is 0.251. The standard InChI is InChI=1S/C30H38N6O4S/c1-5-6-8-13-23-20(2)26-27(21(23)3)29(38)34(4)33-28(26)39-18-24-31-32-30(40-24)41-19-25(37)36-16-14-35(15-17-36)22-11-9-7-10-12-22/h7,9-12,23H,5-6,8,13-19H2,1-4H3. The molecule has 0 saturated carbocycles.